The van der Waals surface area contributed by atoms with Gasteiger partial charge in [0, 0.05) is 5.02 Å². The molecule has 3 aromatic rings. The summed E-state index contributed by atoms with van der Waals surface area (Å²) in [5, 5.41) is 4.54. The van der Waals surface area contributed by atoms with Crippen LogP contribution in [0.5, 0.6) is 17.2 Å². The summed E-state index contributed by atoms with van der Waals surface area (Å²) in [5.74, 6) is -0.150. The molecule has 0 aliphatic carbocycles. The molecule has 7 nitrogen and oxygen atoms in total. The summed E-state index contributed by atoms with van der Waals surface area (Å²) in [7, 11) is 2.92. The van der Waals surface area contributed by atoms with Crippen LogP contribution in [0.2, 0.25) is 10.0 Å². The number of halogens is 2. The maximum absolute atomic E-state index is 12.4. The Labute approximate surface area is 194 Å². The Morgan fingerprint density at radius 2 is 1.62 bits per heavy atom. The molecule has 3 rings (SSSR count). The number of hydrogen-bond donors (Lipinski definition) is 1. The molecule has 0 radical (unpaired) electrons. The number of rotatable bonds is 7. The molecule has 0 aliphatic heterocycles. The van der Waals surface area contributed by atoms with Crippen LogP contribution >= 0.6 is 23.2 Å². The number of para-hydroxylation sites is 1. The molecule has 164 valence electrons. The molecule has 0 bridgehead atoms. The topological polar surface area (TPSA) is 86.2 Å². The lowest BCUT2D eigenvalue weighted by atomic mass is 10.2. The Bertz CT molecular complexity index is 1180. The number of hydrazone groups is 1. The van der Waals surface area contributed by atoms with Crippen LogP contribution in [0.4, 0.5) is 0 Å². The largest absolute Gasteiger partial charge is 0.496 e. The average Bonchev–Trinajstić information content (AvgIpc) is 2.79. The molecular weight excluding hydrogens is 455 g/mol. The van der Waals surface area contributed by atoms with Crippen molar-refractivity contribution in [1.82, 2.24) is 5.43 Å². The average molecular weight is 473 g/mol. The minimum absolute atomic E-state index is 0.169. The summed E-state index contributed by atoms with van der Waals surface area (Å²) >= 11 is 11.9. The van der Waals surface area contributed by atoms with Crippen LogP contribution in [0.3, 0.4) is 0 Å². The van der Waals surface area contributed by atoms with Crippen molar-refractivity contribution in [1.29, 1.82) is 0 Å². The number of benzene rings is 3. The smallest absolute Gasteiger partial charge is 0.345 e. The van der Waals surface area contributed by atoms with E-state index in [4.69, 9.17) is 37.4 Å². The van der Waals surface area contributed by atoms with Crippen molar-refractivity contribution in [3.63, 3.8) is 0 Å². The Balaban J connectivity index is 1.71. The van der Waals surface area contributed by atoms with Crippen LogP contribution in [0.25, 0.3) is 0 Å². The number of carbonyl (C=O) groups excluding carboxylic acids is 2. The summed E-state index contributed by atoms with van der Waals surface area (Å²) < 4.78 is 15.9. The van der Waals surface area contributed by atoms with E-state index in [1.54, 1.807) is 48.5 Å². The number of nitrogens with one attached hydrogen (secondary N) is 1. The minimum Gasteiger partial charge on any atom is -0.496 e. The van der Waals surface area contributed by atoms with Gasteiger partial charge in [-0.15, -0.1) is 0 Å². The van der Waals surface area contributed by atoms with Gasteiger partial charge in [0.25, 0.3) is 5.91 Å². The quantitative estimate of drug-likeness (QED) is 0.226. The Hall–Kier alpha value is -3.55. The van der Waals surface area contributed by atoms with E-state index in [2.05, 4.69) is 10.5 Å². The molecule has 1 N–H and O–H groups in total. The van der Waals surface area contributed by atoms with Crippen LogP contribution in [-0.2, 0) is 0 Å². The van der Waals surface area contributed by atoms with Crippen molar-refractivity contribution >= 4 is 41.3 Å². The molecule has 3 aromatic carbocycles. The fourth-order valence-corrected chi connectivity index (χ4v) is 3.20. The zero-order valence-corrected chi connectivity index (χ0v) is 18.6. The second-order valence-corrected chi connectivity index (χ2v) is 7.17. The molecule has 0 saturated heterocycles. The molecule has 0 aromatic heterocycles. The van der Waals surface area contributed by atoms with Crippen molar-refractivity contribution in [2.24, 2.45) is 5.10 Å². The molecule has 0 fully saturated rings. The predicted molar refractivity (Wildman–Crippen MR) is 122 cm³/mol. The number of esters is 1. The predicted octanol–water partition coefficient (Wildman–Crippen LogP) is 4.99. The number of nitrogens with zero attached hydrogens (tertiary/aromatic N) is 1. The zero-order valence-electron chi connectivity index (χ0n) is 17.1. The van der Waals surface area contributed by atoms with E-state index in [1.807, 2.05) is 0 Å². The van der Waals surface area contributed by atoms with Gasteiger partial charge in [0.15, 0.2) is 11.5 Å². The standard InChI is InChI=1S/C23H18Cl2N2O5/c1-30-19-6-4-3-5-17(19)22(28)27-26-13-14-7-10-20(21(11-14)31-2)32-23(29)16-9-8-15(24)12-18(16)25/h3-13H,1-2H3,(H,27,28)/b26-13+. The van der Waals surface area contributed by atoms with Crippen molar-refractivity contribution in [3.05, 3.63) is 87.4 Å². The van der Waals surface area contributed by atoms with E-state index in [9.17, 15) is 9.59 Å². The highest BCUT2D eigenvalue weighted by Crippen LogP contribution is 2.30. The van der Waals surface area contributed by atoms with Gasteiger partial charge in [0.1, 0.15) is 5.75 Å². The van der Waals surface area contributed by atoms with Crippen LogP contribution in [0.15, 0.2) is 65.8 Å². The van der Waals surface area contributed by atoms with Gasteiger partial charge in [-0.3, -0.25) is 4.79 Å². The lowest BCUT2D eigenvalue weighted by Gasteiger charge is -2.11. The molecule has 1 amide bonds. The van der Waals surface area contributed by atoms with Crippen LogP contribution in [-0.4, -0.2) is 32.3 Å². The summed E-state index contributed by atoms with van der Waals surface area (Å²) in [6.07, 6.45) is 1.43. The maximum atomic E-state index is 12.4. The monoisotopic (exact) mass is 472 g/mol. The third kappa shape index (κ3) is 5.57. The number of carbonyl (C=O) groups is 2. The number of methoxy groups -OCH3 is 2. The summed E-state index contributed by atoms with van der Waals surface area (Å²) in [4.78, 5) is 24.7. The van der Waals surface area contributed by atoms with Gasteiger partial charge in [-0.1, -0.05) is 35.3 Å². The minimum atomic E-state index is -0.657. The van der Waals surface area contributed by atoms with Gasteiger partial charge in [-0.25, -0.2) is 10.2 Å². The summed E-state index contributed by atoms with van der Waals surface area (Å²) in [5.41, 5.74) is 3.56. The molecule has 9 heteroatoms. The number of amides is 1. The van der Waals surface area contributed by atoms with Gasteiger partial charge in [-0.05, 0) is 54.1 Å². The zero-order chi connectivity index (χ0) is 23.1. The van der Waals surface area contributed by atoms with Crippen molar-refractivity contribution < 1.29 is 23.8 Å². The van der Waals surface area contributed by atoms with E-state index in [1.165, 1.54) is 32.6 Å². The first-order chi connectivity index (χ1) is 15.4. The molecular formula is C23H18Cl2N2O5. The first-order valence-electron chi connectivity index (χ1n) is 9.24. The van der Waals surface area contributed by atoms with Gasteiger partial charge >= 0.3 is 5.97 Å². The second-order valence-electron chi connectivity index (χ2n) is 6.32. The summed E-state index contributed by atoms with van der Waals surface area (Å²) in [6, 6.07) is 16.1. The lowest BCUT2D eigenvalue weighted by Crippen LogP contribution is -2.18. The normalized spacial score (nSPS) is 10.6. The lowest BCUT2D eigenvalue weighted by molar-refractivity contribution is 0.0729. The Kier molecular flexibility index (Phi) is 7.70. The fraction of sp³-hybridized carbons (Fsp3) is 0.0870. The van der Waals surface area contributed by atoms with E-state index < -0.39 is 11.9 Å². The first-order valence-corrected chi connectivity index (χ1v) is 10.00. The first kappa shape index (κ1) is 23.1. The van der Waals surface area contributed by atoms with Crippen molar-refractivity contribution in [2.75, 3.05) is 14.2 Å². The third-order valence-corrected chi connectivity index (χ3v) is 4.82. The molecule has 0 spiro atoms. The van der Waals surface area contributed by atoms with Crippen molar-refractivity contribution in [3.8, 4) is 17.2 Å². The van der Waals surface area contributed by atoms with E-state index in [0.29, 0.717) is 27.6 Å². The fourth-order valence-electron chi connectivity index (χ4n) is 2.72. The Morgan fingerprint density at radius 3 is 2.34 bits per heavy atom. The van der Waals surface area contributed by atoms with Crippen molar-refractivity contribution in [2.45, 2.75) is 0 Å². The molecule has 32 heavy (non-hydrogen) atoms. The number of hydrogen-bond acceptors (Lipinski definition) is 6. The van der Waals surface area contributed by atoms with E-state index >= 15 is 0 Å². The van der Waals surface area contributed by atoms with Crippen LogP contribution in [0.1, 0.15) is 26.3 Å². The molecule has 0 aliphatic rings. The van der Waals surface area contributed by atoms with Gasteiger partial charge in [0.05, 0.1) is 36.6 Å². The van der Waals surface area contributed by atoms with Gasteiger partial charge in [-0.2, -0.15) is 5.10 Å². The van der Waals surface area contributed by atoms with Crippen LogP contribution in [0, 0.1) is 0 Å². The molecule has 0 saturated carbocycles. The second kappa shape index (κ2) is 10.7. The van der Waals surface area contributed by atoms with E-state index in [-0.39, 0.29) is 16.3 Å². The highest BCUT2D eigenvalue weighted by Gasteiger charge is 2.16. The van der Waals surface area contributed by atoms with E-state index in [0.717, 1.165) is 0 Å². The molecule has 0 atom stereocenters. The van der Waals surface area contributed by atoms with Crippen LogP contribution < -0.4 is 19.6 Å². The van der Waals surface area contributed by atoms with Gasteiger partial charge in [0.2, 0.25) is 0 Å². The number of ether oxygens (including phenoxy) is 3. The maximum Gasteiger partial charge on any atom is 0.345 e. The summed E-state index contributed by atoms with van der Waals surface area (Å²) in [6.45, 7) is 0. The third-order valence-electron chi connectivity index (χ3n) is 4.27. The molecule has 0 heterocycles. The SMILES string of the molecule is COc1cc(/C=N/NC(=O)c2ccccc2OC)ccc1OC(=O)c1ccc(Cl)cc1Cl. The highest BCUT2D eigenvalue weighted by atomic mass is 35.5. The molecule has 0 unspecified atom stereocenters. The Morgan fingerprint density at radius 1 is 0.875 bits per heavy atom. The highest BCUT2D eigenvalue weighted by molar-refractivity contribution is 6.36. The van der Waals surface area contributed by atoms with Gasteiger partial charge < -0.3 is 14.2 Å².